The molecule has 3 aliphatic rings. The second-order valence-corrected chi connectivity index (χ2v) is 9.28. The number of nitrogens with zero attached hydrogens (tertiary/aromatic N) is 5. The molecular formula is C23H29N5O3. The lowest BCUT2D eigenvalue weighted by Crippen LogP contribution is -2.43. The average molecular weight is 424 g/mol. The summed E-state index contributed by atoms with van der Waals surface area (Å²) >= 11 is 0. The molecule has 0 radical (unpaired) electrons. The maximum absolute atomic E-state index is 13.5. The third-order valence-corrected chi connectivity index (χ3v) is 6.20. The Morgan fingerprint density at radius 2 is 1.90 bits per heavy atom. The summed E-state index contributed by atoms with van der Waals surface area (Å²) < 4.78 is 12.3. The largest absolute Gasteiger partial charge is 0.469 e. The van der Waals surface area contributed by atoms with Crippen molar-refractivity contribution in [2.75, 3.05) is 31.1 Å². The van der Waals surface area contributed by atoms with Gasteiger partial charge >= 0.3 is 0 Å². The van der Waals surface area contributed by atoms with E-state index in [1.165, 1.54) is 0 Å². The van der Waals surface area contributed by atoms with Gasteiger partial charge < -0.3 is 19.3 Å². The van der Waals surface area contributed by atoms with Crippen LogP contribution in [0.25, 0.3) is 11.3 Å². The number of morpholine rings is 1. The third kappa shape index (κ3) is 3.73. The molecule has 5 rings (SSSR count). The van der Waals surface area contributed by atoms with Crippen LogP contribution in [0.3, 0.4) is 0 Å². The van der Waals surface area contributed by atoms with Crippen molar-refractivity contribution in [2.45, 2.75) is 58.3 Å². The van der Waals surface area contributed by atoms with Crippen molar-refractivity contribution in [2.24, 2.45) is 0 Å². The Labute approximate surface area is 182 Å². The molecule has 1 amide bonds. The van der Waals surface area contributed by atoms with Crippen molar-refractivity contribution in [3.8, 4) is 17.1 Å². The summed E-state index contributed by atoms with van der Waals surface area (Å²) in [5, 5.41) is 0. The topological polar surface area (TPSA) is 80.7 Å². The number of pyridine rings is 1. The quantitative estimate of drug-likeness (QED) is 0.751. The zero-order chi connectivity index (χ0) is 21.8. The van der Waals surface area contributed by atoms with E-state index >= 15 is 0 Å². The fourth-order valence-corrected chi connectivity index (χ4v) is 4.67. The van der Waals surface area contributed by atoms with Crippen molar-refractivity contribution in [3.05, 3.63) is 29.6 Å². The fraction of sp³-hybridized carbons (Fsp3) is 0.565. The molecule has 8 heteroatoms. The number of ether oxygens (including phenoxy) is 2. The van der Waals surface area contributed by atoms with E-state index in [0.717, 1.165) is 37.2 Å². The molecule has 3 aliphatic heterocycles. The molecule has 2 saturated heterocycles. The van der Waals surface area contributed by atoms with Gasteiger partial charge in [0.1, 0.15) is 11.2 Å². The maximum Gasteiger partial charge on any atom is 0.261 e. The number of carbonyl (C=O) groups is 1. The van der Waals surface area contributed by atoms with Crippen LogP contribution < -0.4 is 9.64 Å². The van der Waals surface area contributed by atoms with Crippen LogP contribution in [0.1, 0.15) is 49.7 Å². The Balaban J connectivity index is 1.67. The first kappa shape index (κ1) is 20.2. The van der Waals surface area contributed by atoms with Crippen molar-refractivity contribution >= 4 is 11.9 Å². The van der Waals surface area contributed by atoms with E-state index in [1.807, 2.05) is 39.8 Å². The van der Waals surface area contributed by atoms with E-state index in [4.69, 9.17) is 19.4 Å². The summed E-state index contributed by atoms with van der Waals surface area (Å²) in [7, 11) is 0. The number of aromatic nitrogens is 3. The third-order valence-electron chi connectivity index (χ3n) is 6.20. The normalized spacial score (nSPS) is 24.6. The molecule has 2 aromatic heterocycles. The van der Waals surface area contributed by atoms with Gasteiger partial charge in [0.15, 0.2) is 0 Å². The number of carbonyl (C=O) groups excluding carboxylic acids is 1. The van der Waals surface area contributed by atoms with Gasteiger partial charge in [-0.25, -0.2) is 4.98 Å². The lowest BCUT2D eigenvalue weighted by molar-refractivity contribution is 0.0297. The van der Waals surface area contributed by atoms with Gasteiger partial charge in [-0.2, -0.15) is 4.98 Å². The highest BCUT2D eigenvalue weighted by Crippen LogP contribution is 2.37. The summed E-state index contributed by atoms with van der Waals surface area (Å²) in [4.78, 5) is 31.6. The summed E-state index contributed by atoms with van der Waals surface area (Å²) in [6.07, 6.45) is 4.31. The molecule has 0 N–H and O–H groups in total. The molecule has 0 saturated carbocycles. The van der Waals surface area contributed by atoms with Crippen molar-refractivity contribution in [1.82, 2.24) is 19.9 Å². The minimum atomic E-state index is -0.560. The minimum absolute atomic E-state index is 0.104. The predicted octanol–water partition coefficient (Wildman–Crippen LogP) is 2.85. The van der Waals surface area contributed by atoms with Gasteiger partial charge in [-0.1, -0.05) is 0 Å². The minimum Gasteiger partial charge on any atom is -0.469 e. The van der Waals surface area contributed by atoms with E-state index in [9.17, 15) is 4.79 Å². The lowest BCUT2D eigenvalue weighted by Gasteiger charge is -2.33. The zero-order valence-corrected chi connectivity index (χ0v) is 18.6. The van der Waals surface area contributed by atoms with E-state index in [2.05, 4.69) is 9.88 Å². The summed E-state index contributed by atoms with van der Waals surface area (Å²) in [6.45, 7) is 10.5. The van der Waals surface area contributed by atoms with Crippen LogP contribution in [-0.2, 0) is 4.74 Å². The standard InChI is InChI=1S/C23H29N5O3/c1-5-27-13-23(3,4)31-20-18(21(27)29)19(15-7-6-14(2)24-10-15)25-22(26-20)28-11-16-8-9-17(12-28)30-16/h6-7,10,16-17H,5,8-9,11-13H2,1-4H3. The Bertz CT molecular complexity index is 995. The molecule has 5 heterocycles. The number of aryl methyl sites for hydroxylation is 1. The molecule has 2 unspecified atom stereocenters. The molecular weight excluding hydrogens is 394 g/mol. The van der Waals surface area contributed by atoms with E-state index in [0.29, 0.717) is 36.2 Å². The SMILES string of the molecule is CCN1CC(C)(C)Oc2nc(N3CC4CCC(C3)O4)nc(-c3ccc(C)nc3)c2C1=O. The molecule has 31 heavy (non-hydrogen) atoms. The highest BCUT2D eigenvalue weighted by molar-refractivity contribution is 6.02. The van der Waals surface area contributed by atoms with Crippen LogP contribution in [0.15, 0.2) is 18.3 Å². The van der Waals surface area contributed by atoms with Crippen molar-refractivity contribution < 1.29 is 14.3 Å². The van der Waals surface area contributed by atoms with Gasteiger partial charge in [-0.15, -0.1) is 0 Å². The smallest absolute Gasteiger partial charge is 0.261 e. The Kier molecular flexibility index (Phi) is 4.84. The van der Waals surface area contributed by atoms with Crippen LogP contribution in [0.5, 0.6) is 5.88 Å². The predicted molar refractivity (Wildman–Crippen MR) is 116 cm³/mol. The molecule has 0 aromatic carbocycles. The van der Waals surface area contributed by atoms with Gasteiger partial charge in [-0.3, -0.25) is 9.78 Å². The monoisotopic (exact) mass is 423 g/mol. The first-order valence-corrected chi connectivity index (χ1v) is 11.1. The molecule has 164 valence electrons. The molecule has 0 aliphatic carbocycles. The van der Waals surface area contributed by atoms with Crippen LogP contribution in [0, 0.1) is 6.92 Å². The summed E-state index contributed by atoms with van der Waals surface area (Å²) in [5.74, 6) is 0.834. The summed E-state index contributed by atoms with van der Waals surface area (Å²) in [5.41, 5.74) is 2.13. The molecule has 0 spiro atoms. The number of fused-ring (bicyclic) bond motifs is 3. The van der Waals surface area contributed by atoms with Crippen LogP contribution in [0.4, 0.5) is 5.95 Å². The highest BCUT2D eigenvalue weighted by Gasteiger charge is 2.39. The van der Waals surface area contributed by atoms with Gasteiger partial charge in [0.25, 0.3) is 5.91 Å². The van der Waals surface area contributed by atoms with Crippen molar-refractivity contribution in [1.29, 1.82) is 0 Å². The number of anilines is 1. The van der Waals surface area contributed by atoms with Gasteiger partial charge in [-0.05, 0) is 52.7 Å². The van der Waals surface area contributed by atoms with E-state index < -0.39 is 5.60 Å². The average Bonchev–Trinajstić information content (AvgIpc) is 3.03. The first-order chi connectivity index (χ1) is 14.8. The van der Waals surface area contributed by atoms with Gasteiger partial charge in [0.2, 0.25) is 11.8 Å². The van der Waals surface area contributed by atoms with E-state index in [-0.39, 0.29) is 18.1 Å². The number of rotatable bonds is 3. The molecule has 8 nitrogen and oxygen atoms in total. The molecule has 2 atom stereocenters. The van der Waals surface area contributed by atoms with Crippen molar-refractivity contribution in [3.63, 3.8) is 0 Å². The molecule has 2 aromatic rings. The Morgan fingerprint density at radius 1 is 1.16 bits per heavy atom. The first-order valence-electron chi connectivity index (χ1n) is 11.1. The zero-order valence-electron chi connectivity index (χ0n) is 18.6. The second-order valence-electron chi connectivity index (χ2n) is 9.28. The molecule has 2 fully saturated rings. The van der Waals surface area contributed by atoms with Crippen LogP contribution in [-0.4, -0.2) is 69.7 Å². The second kappa shape index (κ2) is 7.44. The Hall–Kier alpha value is -2.74. The number of hydrogen-bond donors (Lipinski definition) is 0. The maximum atomic E-state index is 13.5. The number of amides is 1. The highest BCUT2D eigenvalue weighted by atomic mass is 16.5. The fourth-order valence-electron chi connectivity index (χ4n) is 4.67. The molecule has 2 bridgehead atoms. The van der Waals surface area contributed by atoms with Gasteiger partial charge in [0.05, 0.1) is 24.4 Å². The van der Waals surface area contributed by atoms with Crippen LogP contribution in [0.2, 0.25) is 0 Å². The number of likely N-dealkylation sites (N-methyl/N-ethyl adjacent to an activating group) is 1. The Morgan fingerprint density at radius 3 is 2.55 bits per heavy atom. The van der Waals surface area contributed by atoms with Crippen LogP contribution >= 0.6 is 0 Å². The lowest BCUT2D eigenvalue weighted by atomic mass is 10.1. The summed E-state index contributed by atoms with van der Waals surface area (Å²) in [6, 6.07) is 3.89. The number of hydrogen-bond acceptors (Lipinski definition) is 7. The van der Waals surface area contributed by atoms with Gasteiger partial charge in [0, 0.05) is 37.1 Å². The van der Waals surface area contributed by atoms with E-state index in [1.54, 1.807) is 11.1 Å².